The molecule has 3 rings (SSSR count). The molecule has 2 aromatic carbocycles. The molecule has 7 heteroatoms. The van der Waals surface area contributed by atoms with E-state index in [-0.39, 0.29) is 31.5 Å². The highest BCUT2D eigenvalue weighted by Crippen LogP contribution is 2.35. The van der Waals surface area contributed by atoms with Gasteiger partial charge in [0, 0.05) is 12.5 Å². The molecule has 1 aliphatic rings. The van der Waals surface area contributed by atoms with Gasteiger partial charge >= 0.3 is 0 Å². The Balaban J connectivity index is 1.48. The molecule has 0 saturated carbocycles. The van der Waals surface area contributed by atoms with Crippen LogP contribution in [-0.4, -0.2) is 19.3 Å². The zero-order chi connectivity index (χ0) is 19.4. The van der Waals surface area contributed by atoms with Crippen molar-refractivity contribution in [2.24, 2.45) is 0 Å². The van der Waals surface area contributed by atoms with Crippen molar-refractivity contribution < 1.29 is 27.8 Å². The van der Waals surface area contributed by atoms with Crippen molar-refractivity contribution in [3.05, 3.63) is 53.6 Å². The van der Waals surface area contributed by atoms with Crippen molar-refractivity contribution >= 4 is 5.91 Å². The van der Waals surface area contributed by atoms with Gasteiger partial charge in [0.25, 0.3) is 0 Å². The molecule has 0 aromatic heterocycles. The molecule has 0 atom stereocenters. The van der Waals surface area contributed by atoms with Gasteiger partial charge in [-0.25, -0.2) is 8.78 Å². The maximum atomic E-state index is 13.5. The summed E-state index contributed by atoms with van der Waals surface area (Å²) in [6.45, 7) is 4.14. The van der Waals surface area contributed by atoms with Gasteiger partial charge in [-0.1, -0.05) is 6.07 Å². The molecule has 1 aliphatic heterocycles. The van der Waals surface area contributed by atoms with Gasteiger partial charge in [0.05, 0.1) is 12.1 Å². The number of carbonyl (C=O) groups is 1. The molecule has 144 valence electrons. The first-order valence-corrected chi connectivity index (χ1v) is 8.64. The fourth-order valence-corrected chi connectivity index (χ4v) is 2.78. The number of amides is 1. The highest BCUT2D eigenvalue weighted by molar-refractivity contribution is 5.77. The predicted octanol–water partition coefficient (Wildman–Crippen LogP) is 3.90. The van der Waals surface area contributed by atoms with Crippen molar-refractivity contribution in [2.75, 3.05) is 13.4 Å². The maximum absolute atomic E-state index is 13.5. The van der Waals surface area contributed by atoms with Gasteiger partial charge in [0.1, 0.15) is 5.82 Å². The lowest BCUT2D eigenvalue weighted by molar-refractivity contribution is -0.123. The summed E-state index contributed by atoms with van der Waals surface area (Å²) in [6.07, 6.45) is 0.622. The Bertz CT molecular complexity index is 839. The Kier molecular flexibility index (Phi) is 5.48. The topological polar surface area (TPSA) is 56.8 Å². The van der Waals surface area contributed by atoms with Crippen molar-refractivity contribution in [1.29, 1.82) is 0 Å². The van der Waals surface area contributed by atoms with Gasteiger partial charge in [-0.3, -0.25) is 4.79 Å². The van der Waals surface area contributed by atoms with Gasteiger partial charge in [-0.15, -0.1) is 0 Å². The molecule has 1 amide bonds. The monoisotopic (exact) mass is 377 g/mol. The van der Waals surface area contributed by atoms with E-state index in [1.54, 1.807) is 0 Å². The fourth-order valence-electron chi connectivity index (χ4n) is 2.78. The van der Waals surface area contributed by atoms with E-state index < -0.39 is 17.2 Å². The minimum atomic E-state index is -0.761. The standard InChI is InChI=1S/C20H21F2NO4/c1-20(2,13-5-7-17-18(10-13)27-12-26-17)23-19(24)4-3-9-25-16-8-6-14(21)11-15(16)22/h5-8,10-11H,3-4,9,12H2,1-2H3,(H,23,24). The first-order chi connectivity index (χ1) is 12.8. The summed E-state index contributed by atoms with van der Waals surface area (Å²) in [5, 5.41) is 2.97. The highest BCUT2D eigenvalue weighted by atomic mass is 19.1. The second-order valence-electron chi connectivity index (χ2n) is 6.77. The maximum Gasteiger partial charge on any atom is 0.231 e. The first-order valence-electron chi connectivity index (χ1n) is 8.64. The summed E-state index contributed by atoms with van der Waals surface area (Å²) in [5.74, 6) is -0.262. The van der Waals surface area contributed by atoms with E-state index in [4.69, 9.17) is 14.2 Å². The third kappa shape index (κ3) is 4.67. The first kappa shape index (κ1) is 18.9. The van der Waals surface area contributed by atoms with Crippen molar-refractivity contribution in [3.8, 4) is 17.2 Å². The van der Waals surface area contributed by atoms with Crippen LogP contribution in [0.5, 0.6) is 17.2 Å². The van der Waals surface area contributed by atoms with Crippen LogP contribution in [-0.2, 0) is 10.3 Å². The van der Waals surface area contributed by atoms with E-state index in [0.29, 0.717) is 17.9 Å². The minimum Gasteiger partial charge on any atom is -0.491 e. The van der Waals surface area contributed by atoms with E-state index in [9.17, 15) is 13.6 Å². The zero-order valence-electron chi connectivity index (χ0n) is 15.2. The number of ether oxygens (including phenoxy) is 3. The summed E-state index contributed by atoms with van der Waals surface area (Å²) in [5.41, 5.74) is 0.298. The molecule has 0 fully saturated rings. The van der Waals surface area contributed by atoms with E-state index in [1.165, 1.54) is 6.07 Å². The lowest BCUT2D eigenvalue weighted by Crippen LogP contribution is -2.41. The van der Waals surface area contributed by atoms with Gasteiger partial charge in [-0.2, -0.15) is 0 Å². The molecule has 0 saturated heterocycles. The number of carbonyl (C=O) groups excluding carboxylic acids is 1. The summed E-state index contributed by atoms with van der Waals surface area (Å²) in [7, 11) is 0. The van der Waals surface area contributed by atoms with Crippen molar-refractivity contribution in [1.82, 2.24) is 5.32 Å². The molecule has 5 nitrogen and oxygen atoms in total. The van der Waals surface area contributed by atoms with Crippen LogP contribution in [0, 0.1) is 11.6 Å². The van der Waals surface area contributed by atoms with E-state index >= 15 is 0 Å². The third-order valence-corrected chi connectivity index (χ3v) is 4.25. The molecule has 2 aromatic rings. The number of fused-ring (bicyclic) bond motifs is 1. The molecule has 0 bridgehead atoms. The molecule has 1 heterocycles. The number of hydrogen-bond acceptors (Lipinski definition) is 4. The Labute approximate surface area is 156 Å². The Morgan fingerprint density at radius 1 is 1.15 bits per heavy atom. The summed E-state index contributed by atoms with van der Waals surface area (Å²) >= 11 is 0. The van der Waals surface area contributed by atoms with E-state index in [0.717, 1.165) is 17.7 Å². The predicted molar refractivity (Wildman–Crippen MR) is 94.8 cm³/mol. The number of rotatable bonds is 7. The van der Waals surface area contributed by atoms with Crippen LogP contribution in [0.15, 0.2) is 36.4 Å². The zero-order valence-corrected chi connectivity index (χ0v) is 15.2. The average Bonchev–Trinajstić information content (AvgIpc) is 3.07. The molecule has 0 unspecified atom stereocenters. The van der Waals surface area contributed by atoms with Gasteiger partial charge in [-0.05, 0) is 50.1 Å². The molecular formula is C20H21F2NO4. The van der Waals surface area contributed by atoms with Crippen molar-refractivity contribution in [2.45, 2.75) is 32.2 Å². The number of halogens is 2. The number of benzene rings is 2. The Hall–Kier alpha value is -2.83. The Morgan fingerprint density at radius 2 is 1.93 bits per heavy atom. The number of hydrogen-bond donors (Lipinski definition) is 1. The van der Waals surface area contributed by atoms with E-state index in [2.05, 4.69) is 5.32 Å². The van der Waals surface area contributed by atoms with Gasteiger partial charge in [0.2, 0.25) is 12.7 Å². The van der Waals surface area contributed by atoms with Crippen LogP contribution in [0.1, 0.15) is 32.3 Å². The lowest BCUT2D eigenvalue weighted by atomic mass is 9.93. The molecule has 0 aliphatic carbocycles. The van der Waals surface area contributed by atoms with Crippen LogP contribution in [0.2, 0.25) is 0 Å². The minimum absolute atomic E-state index is 0.0301. The summed E-state index contributed by atoms with van der Waals surface area (Å²) in [4.78, 5) is 12.2. The van der Waals surface area contributed by atoms with Gasteiger partial charge in [0.15, 0.2) is 23.1 Å². The lowest BCUT2D eigenvalue weighted by Gasteiger charge is -2.27. The quantitative estimate of drug-likeness (QED) is 0.744. The molecule has 27 heavy (non-hydrogen) atoms. The second kappa shape index (κ2) is 7.82. The normalized spacial score (nSPS) is 12.7. The third-order valence-electron chi connectivity index (χ3n) is 4.25. The van der Waals surface area contributed by atoms with Crippen LogP contribution in [0.25, 0.3) is 0 Å². The largest absolute Gasteiger partial charge is 0.491 e. The van der Waals surface area contributed by atoms with Crippen LogP contribution < -0.4 is 19.5 Å². The average molecular weight is 377 g/mol. The van der Waals surface area contributed by atoms with Crippen molar-refractivity contribution in [3.63, 3.8) is 0 Å². The SMILES string of the molecule is CC(C)(NC(=O)CCCOc1ccc(F)cc1F)c1ccc2c(c1)OCO2. The van der Waals surface area contributed by atoms with Crippen LogP contribution in [0.3, 0.4) is 0 Å². The highest BCUT2D eigenvalue weighted by Gasteiger charge is 2.25. The molecule has 1 N–H and O–H groups in total. The van der Waals surface area contributed by atoms with E-state index in [1.807, 2.05) is 32.0 Å². The summed E-state index contributed by atoms with van der Waals surface area (Å²) < 4.78 is 42.2. The number of nitrogens with one attached hydrogen (secondary N) is 1. The van der Waals surface area contributed by atoms with Gasteiger partial charge < -0.3 is 19.5 Å². The fraction of sp³-hybridized carbons (Fsp3) is 0.350. The molecule has 0 radical (unpaired) electrons. The second-order valence-corrected chi connectivity index (χ2v) is 6.77. The van der Waals surface area contributed by atoms with Crippen LogP contribution in [0.4, 0.5) is 8.78 Å². The molecule has 0 spiro atoms. The molecular weight excluding hydrogens is 356 g/mol. The Morgan fingerprint density at radius 3 is 2.70 bits per heavy atom. The van der Waals surface area contributed by atoms with Crippen LogP contribution >= 0.6 is 0 Å². The smallest absolute Gasteiger partial charge is 0.231 e. The summed E-state index contributed by atoms with van der Waals surface area (Å²) in [6, 6.07) is 8.66.